The van der Waals surface area contributed by atoms with Gasteiger partial charge < -0.3 is 5.32 Å². The molecule has 3 fully saturated rings. The number of rotatable bonds is 1. The van der Waals surface area contributed by atoms with Gasteiger partial charge in [-0.25, -0.2) is 5.32 Å². The Kier molecular flexibility index (Phi) is 2.92. The second-order valence-corrected chi connectivity index (χ2v) is 5.57. The predicted molar refractivity (Wildman–Crippen MR) is 64.4 cm³/mol. The lowest BCUT2D eigenvalue weighted by Crippen LogP contribution is -2.64. The Morgan fingerprint density at radius 2 is 1.88 bits per heavy atom. The van der Waals surface area contributed by atoms with Crippen molar-refractivity contribution in [2.24, 2.45) is 0 Å². The van der Waals surface area contributed by atoms with Gasteiger partial charge in [-0.3, -0.25) is 9.80 Å². The third-order valence-corrected chi connectivity index (χ3v) is 4.59. The van der Waals surface area contributed by atoms with Crippen LogP contribution in [-0.2, 0) is 0 Å². The molecule has 3 aliphatic heterocycles. The summed E-state index contributed by atoms with van der Waals surface area (Å²) in [7, 11) is 2.29. The third-order valence-electron chi connectivity index (χ3n) is 4.59. The van der Waals surface area contributed by atoms with E-state index in [2.05, 4.69) is 29.1 Å². The van der Waals surface area contributed by atoms with Crippen LogP contribution in [0.3, 0.4) is 0 Å². The molecule has 0 aromatic heterocycles. The van der Waals surface area contributed by atoms with Crippen molar-refractivity contribution < 1.29 is 0 Å². The van der Waals surface area contributed by atoms with Crippen LogP contribution in [0.4, 0.5) is 0 Å². The molecule has 4 nitrogen and oxygen atoms in total. The van der Waals surface area contributed by atoms with E-state index in [0.717, 1.165) is 25.2 Å². The monoisotopic (exact) mass is 223 g/mol. The molecule has 0 aromatic carbocycles. The van der Waals surface area contributed by atoms with Crippen molar-refractivity contribution in [2.45, 2.75) is 44.1 Å². The van der Waals surface area contributed by atoms with Gasteiger partial charge in [0.25, 0.3) is 0 Å². The Labute approximate surface area is 98.4 Å². The van der Waals surface area contributed by atoms with Crippen LogP contribution in [0.5, 0.6) is 0 Å². The number of hydrogen-bond donors (Lipinski definition) is 1. The lowest BCUT2D eigenvalue weighted by Gasteiger charge is -2.45. The van der Waals surface area contributed by atoms with E-state index in [1.807, 2.05) is 0 Å². The third kappa shape index (κ3) is 1.78. The van der Waals surface area contributed by atoms with Crippen LogP contribution in [0.15, 0.2) is 0 Å². The zero-order valence-corrected chi connectivity index (χ0v) is 10.4. The fraction of sp³-hybridized carbons (Fsp3) is 1.00. The van der Waals surface area contributed by atoms with Crippen LogP contribution in [0.25, 0.3) is 0 Å². The van der Waals surface area contributed by atoms with Gasteiger partial charge in [-0.15, -0.1) is 0 Å². The molecule has 4 heteroatoms. The van der Waals surface area contributed by atoms with E-state index in [1.165, 1.54) is 25.9 Å². The summed E-state index contributed by atoms with van der Waals surface area (Å²) in [6.45, 7) is 6.74. The van der Waals surface area contributed by atoms with Crippen LogP contribution in [0, 0.1) is 0 Å². The number of likely N-dealkylation sites (tertiary alicyclic amines) is 1. The van der Waals surface area contributed by atoms with E-state index in [-0.39, 0.29) is 0 Å². The van der Waals surface area contributed by atoms with Crippen LogP contribution in [0.2, 0.25) is 0 Å². The first-order valence-corrected chi connectivity index (χ1v) is 6.61. The molecule has 0 aliphatic carbocycles. The number of piperazine rings is 2. The summed E-state index contributed by atoms with van der Waals surface area (Å²) < 4.78 is 0. The highest BCUT2D eigenvalue weighted by molar-refractivity contribution is 4.97. The Bertz CT molecular complexity index is 243. The highest BCUT2D eigenvalue weighted by Gasteiger charge is 2.41. The maximum Gasteiger partial charge on any atom is 0.0914 e. The van der Waals surface area contributed by atoms with E-state index in [9.17, 15) is 0 Å². The molecule has 2 bridgehead atoms. The lowest BCUT2D eigenvalue weighted by molar-refractivity contribution is 0.0252. The summed E-state index contributed by atoms with van der Waals surface area (Å²) in [6.07, 6.45) is 3.18. The number of nitrogens with zero attached hydrogens (tertiary/aromatic N) is 3. The molecular weight excluding hydrogens is 200 g/mol. The van der Waals surface area contributed by atoms with Crippen molar-refractivity contribution >= 4 is 0 Å². The minimum absolute atomic E-state index is 0.422. The molecule has 4 atom stereocenters. The molecule has 3 saturated heterocycles. The first-order valence-electron chi connectivity index (χ1n) is 6.61. The van der Waals surface area contributed by atoms with Gasteiger partial charge in [-0.2, -0.15) is 0 Å². The second-order valence-electron chi connectivity index (χ2n) is 5.57. The molecule has 0 spiro atoms. The van der Waals surface area contributed by atoms with E-state index in [1.54, 1.807) is 0 Å². The molecule has 1 radical (unpaired) electrons. The number of fused-ring (bicyclic) bond motifs is 2. The molecule has 1 N–H and O–H groups in total. The first-order chi connectivity index (χ1) is 7.75. The molecule has 16 heavy (non-hydrogen) atoms. The largest absolute Gasteiger partial charge is 0.310 e. The van der Waals surface area contributed by atoms with Crippen LogP contribution >= 0.6 is 0 Å². The van der Waals surface area contributed by atoms with Gasteiger partial charge in [0.15, 0.2) is 0 Å². The van der Waals surface area contributed by atoms with Gasteiger partial charge in [-0.1, -0.05) is 0 Å². The second kappa shape index (κ2) is 4.26. The predicted octanol–water partition coefficient (Wildman–Crippen LogP) is -0.313. The summed E-state index contributed by atoms with van der Waals surface area (Å²) >= 11 is 0. The average molecular weight is 223 g/mol. The summed E-state index contributed by atoms with van der Waals surface area (Å²) in [5, 5.41) is 8.34. The Morgan fingerprint density at radius 1 is 1.19 bits per heavy atom. The molecule has 91 valence electrons. The highest BCUT2D eigenvalue weighted by atomic mass is 15.4. The zero-order chi connectivity index (χ0) is 11.1. The van der Waals surface area contributed by atoms with Crippen molar-refractivity contribution in [3.05, 3.63) is 0 Å². The van der Waals surface area contributed by atoms with E-state index in [4.69, 9.17) is 5.32 Å². The molecular formula is C12H23N4. The van der Waals surface area contributed by atoms with Gasteiger partial charge in [0.2, 0.25) is 0 Å². The Hall–Kier alpha value is -0.160. The van der Waals surface area contributed by atoms with Crippen molar-refractivity contribution in [1.82, 2.24) is 20.4 Å². The minimum Gasteiger partial charge on any atom is -0.310 e. The van der Waals surface area contributed by atoms with Crippen LogP contribution < -0.4 is 10.6 Å². The SMILES string of the molecule is CC1NCC[N]C1N1CC2CCC(C1)N2C. The maximum absolute atomic E-state index is 4.80. The maximum atomic E-state index is 4.80. The van der Waals surface area contributed by atoms with E-state index in [0.29, 0.717) is 12.2 Å². The molecule has 3 aliphatic rings. The van der Waals surface area contributed by atoms with Gasteiger partial charge in [0, 0.05) is 44.3 Å². The molecule has 0 amide bonds. The smallest absolute Gasteiger partial charge is 0.0914 e. The van der Waals surface area contributed by atoms with E-state index < -0.39 is 0 Å². The Morgan fingerprint density at radius 3 is 2.50 bits per heavy atom. The quantitative estimate of drug-likeness (QED) is 0.662. The summed E-state index contributed by atoms with van der Waals surface area (Å²) in [5.74, 6) is 0. The Balaban J connectivity index is 1.67. The van der Waals surface area contributed by atoms with Gasteiger partial charge in [0.1, 0.15) is 0 Å². The fourth-order valence-electron chi connectivity index (χ4n) is 3.55. The molecule has 0 saturated carbocycles. The van der Waals surface area contributed by atoms with Crippen molar-refractivity contribution in [3.63, 3.8) is 0 Å². The van der Waals surface area contributed by atoms with Gasteiger partial charge >= 0.3 is 0 Å². The summed E-state index contributed by atoms with van der Waals surface area (Å²) in [6, 6.07) is 2.09. The molecule has 3 heterocycles. The molecule has 3 rings (SSSR count). The number of hydrogen-bond acceptors (Lipinski definition) is 3. The number of nitrogens with one attached hydrogen (secondary N) is 1. The normalized spacial score (nSPS) is 46.1. The average Bonchev–Trinajstić information content (AvgIpc) is 2.53. The standard InChI is InChI=1S/C12H23N4/c1-9-12(14-6-5-13-9)16-7-10-3-4-11(8-16)15(10)2/h9-13H,3-8H2,1-2H3. The lowest BCUT2D eigenvalue weighted by atomic mass is 10.1. The number of likely N-dealkylation sites (N-methyl/N-ethyl adjacent to an activating group) is 1. The van der Waals surface area contributed by atoms with Gasteiger partial charge in [0.05, 0.1) is 6.17 Å². The molecule has 4 unspecified atom stereocenters. The summed E-state index contributed by atoms with van der Waals surface area (Å²) in [4.78, 5) is 5.19. The summed E-state index contributed by atoms with van der Waals surface area (Å²) in [5.41, 5.74) is 0. The van der Waals surface area contributed by atoms with E-state index >= 15 is 0 Å². The fourth-order valence-corrected chi connectivity index (χ4v) is 3.55. The van der Waals surface area contributed by atoms with Crippen LogP contribution in [-0.4, -0.2) is 67.3 Å². The minimum atomic E-state index is 0.422. The van der Waals surface area contributed by atoms with Crippen molar-refractivity contribution in [3.8, 4) is 0 Å². The van der Waals surface area contributed by atoms with Gasteiger partial charge in [-0.05, 0) is 26.8 Å². The first kappa shape index (κ1) is 11.0. The zero-order valence-electron chi connectivity index (χ0n) is 10.4. The molecule has 0 aromatic rings. The van der Waals surface area contributed by atoms with Crippen molar-refractivity contribution in [2.75, 3.05) is 33.2 Å². The van der Waals surface area contributed by atoms with Crippen molar-refractivity contribution in [1.29, 1.82) is 0 Å². The topological polar surface area (TPSA) is 32.6 Å². The van der Waals surface area contributed by atoms with Crippen LogP contribution in [0.1, 0.15) is 19.8 Å². The highest BCUT2D eigenvalue weighted by Crippen LogP contribution is 2.29.